The molecule has 0 aromatic heterocycles. The molecule has 0 bridgehead atoms. The first kappa shape index (κ1) is 8.64. The van der Waals surface area contributed by atoms with Gasteiger partial charge in [-0.3, -0.25) is 0 Å². The van der Waals surface area contributed by atoms with Crippen LogP contribution in [-0.2, 0) is 0 Å². The summed E-state index contributed by atoms with van der Waals surface area (Å²) in [5.41, 5.74) is 1.02. The van der Waals surface area contributed by atoms with Gasteiger partial charge in [-0.15, -0.1) is 0 Å². The van der Waals surface area contributed by atoms with Crippen molar-refractivity contribution in [1.82, 2.24) is 0 Å². The summed E-state index contributed by atoms with van der Waals surface area (Å²) in [6.07, 6.45) is 0. The zero-order valence-electron chi connectivity index (χ0n) is 6.50. The smallest absolute Gasteiger partial charge is 0.118 e. The van der Waals surface area contributed by atoms with Crippen molar-refractivity contribution in [2.24, 2.45) is 0 Å². The van der Waals surface area contributed by atoms with E-state index in [2.05, 4.69) is 22.6 Å². The second-order valence-corrected chi connectivity index (χ2v) is 3.81. The van der Waals surface area contributed by atoms with Gasteiger partial charge in [-0.05, 0) is 34.7 Å². The van der Waals surface area contributed by atoms with Gasteiger partial charge in [-0.1, -0.05) is 0 Å². The van der Waals surface area contributed by atoms with E-state index in [-0.39, 0.29) is 0 Å². The summed E-state index contributed by atoms with van der Waals surface area (Å²) < 4.78 is 1.05. The van der Waals surface area contributed by atoms with Crippen LogP contribution in [0, 0.1) is 3.57 Å². The van der Waals surface area contributed by atoms with E-state index >= 15 is 0 Å². The summed E-state index contributed by atoms with van der Waals surface area (Å²) in [4.78, 5) is 1.96. The maximum Gasteiger partial charge on any atom is 0.118 e. The van der Waals surface area contributed by atoms with Gasteiger partial charge in [-0.2, -0.15) is 0 Å². The number of aromatic hydroxyl groups is 1. The summed E-state index contributed by atoms with van der Waals surface area (Å²) in [6, 6.07) is 5.48. The van der Waals surface area contributed by atoms with Crippen LogP contribution >= 0.6 is 22.6 Å². The van der Waals surface area contributed by atoms with Gasteiger partial charge >= 0.3 is 0 Å². The monoisotopic (exact) mass is 263 g/mol. The molecule has 0 radical (unpaired) electrons. The summed E-state index contributed by atoms with van der Waals surface area (Å²) in [5, 5.41) is 9.21. The Morgan fingerprint density at radius 3 is 2.36 bits per heavy atom. The van der Waals surface area contributed by atoms with Crippen LogP contribution in [0.4, 0.5) is 5.69 Å². The minimum atomic E-state index is 0.320. The number of halogens is 1. The molecule has 2 nitrogen and oxygen atoms in total. The number of nitrogens with zero attached hydrogens (tertiary/aromatic N) is 1. The Balaban J connectivity index is 3.08. The maximum absolute atomic E-state index is 9.21. The number of hydrogen-bond donors (Lipinski definition) is 1. The first-order chi connectivity index (χ1) is 5.09. The highest BCUT2D eigenvalue weighted by Gasteiger charge is 1.98. The molecule has 1 N–H and O–H groups in total. The molecule has 0 spiro atoms. The van der Waals surface area contributed by atoms with Crippen LogP contribution in [0.2, 0.25) is 0 Å². The van der Waals surface area contributed by atoms with E-state index in [4.69, 9.17) is 0 Å². The molecule has 0 aliphatic carbocycles. The lowest BCUT2D eigenvalue weighted by molar-refractivity contribution is 0.475. The molecule has 0 fully saturated rings. The molecule has 0 aliphatic heterocycles. The largest absolute Gasteiger partial charge is 0.508 e. The summed E-state index contributed by atoms with van der Waals surface area (Å²) in [5.74, 6) is 0.320. The summed E-state index contributed by atoms with van der Waals surface area (Å²) >= 11 is 2.18. The van der Waals surface area contributed by atoms with Crippen molar-refractivity contribution >= 4 is 28.3 Å². The molecule has 0 saturated carbocycles. The molecule has 0 amide bonds. The van der Waals surface area contributed by atoms with Crippen molar-refractivity contribution in [3.63, 3.8) is 0 Å². The molecule has 1 rings (SSSR count). The van der Waals surface area contributed by atoms with Crippen molar-refractivity contribution in [3.05, 3.63) is 21.8 Å². The number of phenols is 1. The Morgan fingerprint density at radius 2 is 1.91 bits per heavy atom. The van der Waals surface area contributed by atoms with Crippen LogP contribution in [0.3, 0.4) is 0 Å². The Hall–Kier alpha value is -0.450. The van der Waals surface area contributed by atoms with Gasteiger partial charge in [-0.25, -0.2) is 0 Å². The van der Waals surface area contributed by atoms with Gasteiger partial charge in [0.05, 0.1) is 0 Å². The summed E-state index contributed by atoms with van der Waals surface area (Å²) in [6.45, 7) is 0. The first-order valence-electron chi connectivity index (χ1n) is 3.26. The fourth-order valence-electron chi connectivity index (χ4n) is 0.817. The van der Waals surface area contributed by atoms with Gasteiger partial charge in [0, 0.05) is 29.4 Å². The van der Waals surface area contributed by atoms with Crippen molar-refractivity contribution in [3.8, 4) is 5.75 Å². The highest BCUT2D eigenvalue weighted by atomic mass is 127. The average molecular weight is 263 g/mol. The molecule has 0 aliphatic rings. The molecular formula is C8H10INO. The molecule has 0 atom stereocenters. The van der Waals surface area contributed by atoms with Gasteiger partial charge in [0.2, 0.25) is 0 Å². The SMILES string of the molecule is CN(C)c1cc(O)cc(I)c1. The fourth-order valence-corrected chi connectivity index (χ4v) is 1.46. The number of rotatable bonds is 1. The first-order valence-corrected chi connectivity index (χ1v) is 4.34. The maximum atomic E-state index is 9.21. The van der Waals surface area contributed by atoms with E-state index in [0.29, 0.717) is 5.75 Å². The normalized spacial score (nSPS) is 9.73. The molecule has 3 heteroatoms. The van der Waals surface area contributed by atoms with Crippen molar-refractivity contribution in [2.45, 2.75) is 0 Å². The molecule has 0 heterocycles. The number of anilines is 1. The predicted molar refractivity (Wildman–Crippen MR) is 55.2 cm³/mol. The van der Waals surface area contributed by atoms with E-state index in [1.807, 2.05) is 25.1 Å². The van der Waals surface area contributed by atoms with Crippen LogP contribution in [0.25, 0.3) is 0 Å². The van der Waals surface area contributed by atoms with Gasteiger partial charge in [0.1, 0.15) is 5.75 Å². The van der Waals surface area contributed by atoms with Crippen molar-refractivity contribution < 1.29 is 5.11 Å². The minimum absolute atomic E-state index is 0.320. The molecule has 0 saturated heterocycles. The van der Waals surface area contributed by atoms with Crippen molar-refractivity contribution in [1.29, 1.82) is 0 Å². The van der Waals surface area contributed by atoms with Gasteiger partial charge in [0.25, 0.3) is 0 Å². The Labute approximate surface area is 80.0 Å². The highest BCUT2D eigenvalue weighted by molar-refractivity contribution is 14.1. The third kappa shape index (κ3) is 2.25. The zero-order valence-corrected chi connectivity index (χ0v) is 8.66. The molecule has 60 valence electrons. The lowest BCUT2D eigenvalue weighted by Crippen LogP contribution is -2.08. The average Bonchev–Trinajstić information content (AvgIpc) is 1.85. The Bertz CT molecular complexity index is 240. The minimum Gasteiger partial charge on any atom is -0.508 e. The van der Waals surface area contributed by atoms with Crippen LogP contribution < -0.4 is 4.90 Å². The highest BCUT2D eigenvalue weighted by Crippen LogP contribution is 2.22. The van der Waals surface area contributed by atoms with Crippen LogP contribution in [0.15, 0.2) is 18.2 Å². The molecule has 1 aromatic carbocycles. The van der Waals surface area contributed by atoms with E-state index in [1.54, 1.807) is 12.1 Å². The zero-order chi connectivity index (χ0) is 8.43. The van der Waals surface area contributed by atoms with E-state index < -0.39 is 0 Å². The quantitative estimate of drug-likeness (QED) is 0.784. The van der Waals surface area contributed by atoms with Crippen LogP contribution in [0.5, 0.6) is 5.75 Å². The van der Waals surface area contributed by atoms with E-state index in [0.717, 1.165) is 9.26 Å². The molecular weight excluding hydrogens is 253 g/mol. The van der Waals surface area contributed by atoms with Crippen LogP contribution in [-0.4, -0.2) is 19.2 Å². The number of phenolic OH excluding ortho intramolecular Hbond substituents is 1. The molecule has 1 aromatic rings. The van der Waals surface area contributed by atoms with Gasteiger partial charge in [0.15, 0.2) is 0 Å². The Kier molecular flexibility index (Phi) is 2.59. The topological polar surface area (TPSA) is 23.5 Å². The second-order valence-electron chi connectivity index (χ2n) is 2.56. The van der Waals surface area contributed by atoms with E-state index in [9.17, 15) is 5.11 Å². The third-order valence-electron chi connectivity index (χ3n) is 1.38. The number of hydrogen-bond acceptors (Lipinski definition) is 2. The molecule has 11 heavy (non-hydrogen) atoms. The second kappa shape index (κ2) is 3.30. The van der Waals surface area contributed by atoms with Crippen molar-refractivity contribution in [2.75, 3.05) is 19.0 Å². The van der Waals surface area contributed by atoms with Gasteiger partial charge < -0.3 is 10.0 Å². The fraction of sp³-hybridized carbons (Fsp3) is 0.250. The standard InChI is InChI=1S/C8H10INO/c1-10(2)7-3-6(9)4-8(11)5-7/h3-5,11H,1-2H3. The van der Waals surface area contributed by atoms with Crippen LogP contribution in [0.1, 0.15) is 0 Å². The predicted octanol–water partition coefficient (Wildman–Crippen LogP) is 2.06. The lowest BCUT2D eigenvalue weighted by atomic mass is 10.3. The Morgan fingerprint density at radius 1 is 1.27 bits per heavy atom. The summed E-state index contributed by atoms with van der Waals surface area (Å²) in [7, 11) is 3.90. The third-order valence-corrected chi connectivity index (χ3v) is 2.01. The van der Waals surface area contributed by atoms with E-state index in [1.165, 1.54) is 0 Å². The number of benzene rings is 1. The lowest BCUT2D eigenvalue weighted by Gasteiger charge is -2.12. The molecule has 0 unspecified atom stereocenters.